The molecule has 2 nitrogen and oxygen atoms in total. The molecular formula is C23H24N2. The minimum atomic E-state index is 0.239. The lowest BCUT2D eigenvalue weighted by atomic mass is 9.97. The van der Waals surface area contributed by atoms with Crippen molar-refractivity contribution in [3.8, 4) is 0 Å². The monoisotopic (exact) mass is 328 g/mol. The molecule has 1 atom stereocenters. The van der Waals surface area contributed by atoms with E-state index in [4.69, 9.17) is 0 Å². The fourth-order valence-corrected chi connectivity index (χ4v) is 2.95. The Kier molecular flexibility index (Phi) is 5.76. The van der Waals surface area contributed by atoms with Gasteiger partial charge in [0.1, 0.15) is 0 Å². The maximum Gasteiger partial charge on any atom is 0.0545 e. The van der Waals surface area contributed by atoms with Gasteiger partial charge >= 0.3 is 0 Å². The molecule has 0 spiro atoms. The molecule has 126 valence electrons. The van der Waals surface area contributed by atoms with Crippen molar-refractivity contribution >= 4 is 6.08 Å². The number of aryl methyl sites for hydroxylation is 1. The molecule has 0 bridgehead atoms. The van der Waals surface area contributed by atoms with E-state index in [9.17, 15) is 0 Å². The van der Waals surface area contributed by atoms with E-state index >= 15 is 0 Å². The first-order valence-corrected chi connectivity index (χ1v) is 8.67. The van der Waals surface area contributed by atoms with Crippen LogP contribution >= 0.6 is 0 Å². The van der Waals surface area contributed by atoms with Crippen molar-refractivity contribution in [3.05, 3.63) is 107 Å². The van der Waals surface area contributed by atoms with Crippen molar-refractivity contribution in [3.63, 3.8) is 0 Å². The maximum absolute atomic E-state index is 4.60. The van der Waals surface area contributed by atoms with E-state index in [1.54, 1.807) is 0 Å². The first-order chi connectivity index (χ1) is 12.2. The third-order valence-electron chi connectivity index (χ3n) is 4.33. The summed E-state index contributed by atoms with van der Waals surface area (Å²) < 4.78 is 0. The van der Waals surface area contributed by atoms with Gasteiger partial charge in [-0.2, -0.15) is 0 Å². The number of hydrogen-bond donors (Lipinski definition) is 1. The van der Waals surface area contributed by atoms with E-state index in [0.717, 1.165) is 29.9 Å². The van der Waals surface area contributed by atoms with Crippen LogP contribution in [0.15, 0.2) is 79.4 Å². The molecule has 0 aliphatic carbocycles. The van der Waals surface area contributed by atoms with Gasteiger partial charge in [-0.1, -0.05) is 73.3 Å². The summed E-state index contributed by atoms with van der Waals surface area (Å²) in [5.74, 6) is 0. The Labute approximate surface area is 150 Å². The molecule has 0 fully saturated rings. The Morgan fingerprint density at radius 3 is 2.40 bits per heavy atom. The fourth-order valence-electron chi connectivity index (χ4n) is 2.95. The van der Waals surface area contributed by atoms with Crippen LogP contribution in [-0.4, -0.2) is 4.98 Å². The van der Waals surface area contributed by atoms with Gasteiger partial charge < -0.3 is 5.32 Å². The Balaban J connectivity index is 1.78. The van der Waals surface area contributed by atoms with Crippen molar-refractivity contribution < 1.29 is 0 Å². The summed E-state index contributed by atoms with van der Waals surface area (Å²) in [7, 11) is 0. The van der Waals surface area contributed by atoms with Crippen LogP contribution < -0.4 is 5.32 Å². The van der Waals surface area contributed by atoms with Crippen LogP contribution in [0.1, 0.15) is 34.1 Å². The molecule has 2 aromatic carbocycles. The molecule has 0 amide bonds. The van der Waals surface area contributed by atoms with Crippen LogP contribution in [0.25, 0.3) is 6.08 Å². The average Bonchev–Trinajstić information content (AvgIpc) is 2.66. The molecule has 0 aliphatic rings. The van der Waals surface area contributed by atoms with Gasteiger partial charge in [-0.05, 0) is 42.2 Å². The standard InChI is InChI=1S/C23H24N2/c1-3-19-12-14-21(15-13-19)23(16-20-9-5-4-6-10-20)24-17-22-11-7-8-18(2)25-22/h3-15,23-24H,1,16-17H2,2H3/t23-/m0/s1. The third-order valence-corrected chi connectivity index (χ3v) is 4.33. The lowest BCUT2D eigenvalue weighted by Crippen LogP contribution is -2.23. The number of aromatic nitrogens is 1. The summed E-state index contributed by atoms with van der Waals surface area (Å²) in [4.78, 5) is 4.60. The van der Waals surface area contributed by atoms with Crippen molar-refractivity contribution in [1.29, 1.82) is 0 Å². The van der Waals surface area contributed by atoms with E-state index < -0.39 is 0 Å². The average molecular weight is 328 g/mol. The lowest BCUT2D eigenvalue weighted by Gasteiger charge is -2.20. The molecule has 1 N–H and O–H groups in total. The normalized spacial score (nSPS) is 11.9. The minimum Gasteiger partial charge on any atom is -0.304 e. The van der Waals surface area contributed by atoms with E-state index in [0.29, 0.717) is 0 Å². The number of nitrogens with one attached hydrogen (secondary N) is 1. The second-order valence-corrected chi connectivity index (χ2v) is 6.26. The van der Waals surface area contributed by atoms with Crippen LogP contribution in [0.3, 0.4) is 0 Å². The molecule has 1 aromatic heterocycles. The van der Waals surface area contributed by atoms with Crippen molar-refractivity contribution in [2.45, 2.75) is 25.9 Å². The quantitative estimate of drug-likeness (QED) is 0.652. The summed E-state index contributed by atoms with van der Waals surface area (Å²) in [5.41, 5.74) is 5.87. The van der Waals surface area contributed by atoms with Crippen LogP contribution in [0, 0.1) is 6.92 Å². The van der Waals surface area contributed by atoms with Gasteiger partial charge in [-0.3, -0.25) is 4.98 Å². The van der Waals surface area contributed by atoms with Gasteiger partial charge in [0, 0.05) is 18.3 Å². The number of pyridine rings is 1. The van der Waals surface area contributed by atoms with Gasteiger partial charge in [0.05, 0.1) is 5.69 Å². The summed E-state index contributed by atoms with van der Waals surface area (Å²) in [6.07, 6.45) is 2.82. The number of nitrogens with zero attached hydrogens (tertiary/aromatic N) is 1. The Morgan fingerprint density at radius 1 is 0.960 bits per heavy atom. The predicted octanol–water partition coefficient (Wildman–Crippen LogP) is 5.11. The van der Waals surface area contributed by atoms with Crippen molar-refractivity contribution in [2.24, 2.45) is 0 Å². The predicted molar refractivity (Wildman–Crippen MR) is 105 cm³/mol. The molecule has 0 unspecified atom stereocenters. The summed E-state index contributed by atoms with van der Waals surface area (Å²) in [6, 6.07) is 25.6. The molecule has 0 radical (unpaired) electrons. The van der Waals surface area contributed by atoms with Crippen molar-refractivity contribution in [2.75, 3.05) is 0 Å². The molecular weight excluding hydrogens is 304 g/mol. The summed E-state index contributed by atoms with van der Waals surface area (Å²) >= 11 is 0. The molecule has 0 saturated heterocycles. The zero-order valence-electron chi connectivity index (χ0n) is 14.7. The SMILES string of the molecule is C=Cc1ccc([C@H](Cc2ccccc2)NCc2cccc(C)n2)cc1. The molecule has 0 aliphatic heterocycles. The highest BCUT2D eigenvalue weighted by molar-refractivity contribution is 5.47. The van der Waals surface area contributed by atoms with Crippen LogP contribution in [0.2, 0.25) is 0 Å². The highest BCUT2D eigenvalue weighted by Gasteiger charge is 2.12. The zero-order valence-corrected chi connectivity index (χ0v) is 14.7. The molecule has 0 saturated carbocycles. The van der Waals surface area contributed by atoms with E-state index in [-0.39, 0.29) is 6.04 Å². The Bertz CT molecular complexity index is 807. The number of benzene rings is 2. The zero-order chi connectivity index (χ0) is 17.5. The molecule has 2 heteroatoms. The van der Waals surface area contributed by atoms with Gasteiger partial charge in [0.25, 0.3) is 0 Å². The third kappa shape index (κ3) is 4.88. The minimum absolute atomic E-state index is 0.239. The van der Waals surface area contributed by atoms with Gasteiger partial charge in [0.15, 0.2) is 0 Å². The lowest BCUT2D eigenvalue weighted by molar-refractivity contribution is 0.525. The van der Waals surface area contributed by atoms with E-state index in [1.807, 2.05) is 19.1 Å². The molecule has 25 heavy (non-hydrogen) atoms. The Hall–Kier alpha value is -2.71. The summed E-state index contributed by atoms with van der Waals surface area (Å²) in [6.45, 7) is 6.61. The first-order valence-electron chi connectivity index (χ1n) is 8.67. The fraction of sp³-hybridized carbons (Fsp3) is 0.174. The number of hydrogen-bond acceptors (Lipinski definition) is 2. The van der Waals surface area contributed by atoms with Crippen LogP contribution in [0.4, 0.5) is 0 Å². The highest BCUT2D eigenvalue weighted by atomic mass is 14.9. The molecule has 1 heterocycles. The summed E-state index contributed by atoms with van der Waals surface area (Å²) in [5, 5.41) is 3.68. The van der Waals surface area contributed by atoms with Crippen LogP contribution in [-0.2, 0) is 13.0 Å². The highest BCUT2D eigenvalue weighted by Crippen LogP contribution is 2.20. The maximum atomic E-state index is 4.60. The smallest absolute Gasteiger partial charge is 0.0545 e. The van der Waals surface area contributed by atoms with E-state index in [2.05, 4.69) is 83.6 Å². The number of rotatable bonds is 7. The van der Waals surface area contributed by atoms with E-state index in [1.165, 1.54) is 11.1 Å². The van der Waals surface area contributed by atoms with Crippen LogP contribution in [0.5, 0.6) is 0 Å². The second kappa shape index (κ2) is 8.41. The van der Waals surface area contributed by atoms with Gasteiger partial charge in [-0.25, -0.2) is 0 Å². The van der Waals surface area contributed by atoms with Gasteiger partial charge in [0.2, 0.25) is 0 Å². The largest absolute Gasteiger partial charge is 0.304 e. The topological polar surface area (TPSA) is 24.9 Å². The first kappa shape index (κ1) is 17.1. The molecule has 3 rings (SSSR count). The van der Waals surface area contributed by atoms with Crippen molar-refractivity contribution in [1.82, 2.24) is 10.3 Å². The Morgan fingerprint density at radius 2 is 1.72 bits per heavy atom. The second-order valence-electron chi connectivity index (χ2n) is 6.26. The van der Waals surface area contributed by atoms with Gasteiger partial charge in [-0.15, -0.1) is 0 Å². The molecule has 3 aromatic rings.